The molecule has 1 fully saturated rings. The van der Waals surface area contributed by atoms with Gasteiger partial charge in [-0.3, -0.25) is 0 Å². The smallest absolute Gasteiger partial charge is 0.191 e. The van der Waals surface area contributed by atoms with Crippen LogP contribution in [0.25, 0.3) is 0 Å². The summed E-state index contributed by atoms with van der Waals surface area (Å²) in [5.41, 5.74) is 0. The molecule has 0 saturated carbocycles. The van der Waals surface area contributed by atoms with Crippen molar-refractivity contribution < 1.29 is 9.47 Å². The van der Waals surface area contributed by atoms with Gasteiger partial charge in [-0.1, -0.05) is 0 Å². The predicted molar refractivity (Wildman–Crippen MR) is 108 cm³/mol. The molecule has 1 aliphatic heterocycles. The minimum absolute atomic E-state index is 0. The number of nitrogens with one attached hydrogen (secondary N) is 2. The molecule has 25 heavy (non-hydrogen) atoms. The lowest BCUT2D eigenvalue weighted by atomic mass is 10.1. The first-order chi connectivity index (χ1) is 11.8. The van der Waals surface area contributed by atoms with Gasteiger partial charge in [-0.05, 0) is 26.7 Å². The number of nitrogens with zero attached hydrogens (tertiary/aromatic N) is 4. The van der Waals surface area contributed by atoms with Gasteiger partial charge in [0.2, 0.25) is 0 Å². The van der Waals surface area contributed by atoms with E-state index in [1.54, 1.807) is 6.33 Å². The van der Waals surface area contributed by atoms with Crippen LogP contribution in [-0.4, -0.2) is 60.2 Å². The Hall–Kier alpha value is -0.940. The molecule has 2 heterocycles. The SMILES string of the molecule is CCNC(=NCc1nncn1CC)NCCCOCC1CCOC1.I. The van der Waals surface area contributed by atoms with E-state index in [4.69, 9.17) is 9.47 Å². The van der Waals surface area contributed by atoms with Crippen molar-refractivity contribution in [2.75, 3.05) is 39.5 Å². The number of aryl methyl sites for hydroxylation is 1. The van der Waals surface area contributed by atoms with Crippen LogP contribution in [0.2, 0.25) is 0 Å². The number of guanidine groups is 1. The van der Waals surface area contributed by atoms with E-state index in [0.29, 0.717) is 12.5 Å². The maximum absolute atomic E-state index is 5.71. The Kier molecular flexibility index (Phi) is 11.7. The first kappa shape index (κ1) is 22.1. The van der Waals surface area contributed by atoms with Gasteiger partial charge in [0.05, 0.1) is 13.2 Å². The molecule has 9 heteroatoms. The third kappa shape index (κ3) is 8.32. The molecule has 0 spiro atoms. The summed E-state index contributed by atoms with van der Waals surface area (Å²) in [5, 5.41) is 14.6. The number of hydrogen-bond donors (Lipinski definition) is 2. The number of halogens is 1. The Bertz CT molecular complexity index is 491. The van der Waals surface area contributed by atoms with Crippen molar-refractivity contribution in [2.24, 2.45) is 10.9 Å². The Morgan fingerprint density at radius 3 is 3.04 bits per heavy atom. The maximum atomic E-state index is 5.71. The Balaban J connectivity index is 0.00000312. The van der Waals surface area contributed by atoms with E-state index in [1.165, 1.54) is 0 Å². The van der Waals surface area contributed by atoms with E-state index in [-0.39, 0.29) is 24.0 Å². The van der Waals surface area contributed by atoms with Crippen LogP contribution in [0.4, 0.5) is 0 Å². The lowest BCUT2D eigenvalue weighted by molar-refractivity contribution is 0.0888. The molecule has 2 N–H and O–H groups in total. The van der Waals surface area contributed by atoms with E-state index in [1.807, 2.05) is 4.57 Å². The lowest BCUT2D eigenvalue weighted by Crippen LogP contribution is -2.38. The van der Waals surface area contributed by atoms with Crippen LogP contribution in [0.5, 0.6) is 0 Å². The van der Waals surface area contributed by atoms with Gasteiger partial charge in [0.1, 0.15) is 12.9 Å². The van der Waals surface area contributed by atoms with Crippen molar-refractivity contribution >= 4 is 29.9 Å². The van der Waals surface area contributed by atoms with Crippen molar-refractivity contribution in [3.8, 4) is 0 Å². The minimum atomic E-state index is 0. The highest BCUT2D eigenvalue weighted by Gasteiger charge is 2.15. The van der Waals surface area contributed by atoms with Gasteiger partial charge in [-0.15, -0.1) is 34.2 Å². The van der Waals surface area contributed by atoms with Gasteiger partial charge in [0.15, 0.2) is 11.8 Å². The topological polar surface area (TPSA) is 85.6 Å². The number of ether oxygens (including phenoxy) is 2. The molecule has 1 atom stereocenters. The highest BCUT2D eigenvalue weighted by molar-refractivity contribution is 14.0. The monoisotopic (exact) mass is 466 g/mol. The van der Waals surface area contributed by atoms with Crippen LogP contribution in [0.15, 0.2) is 11.3 Å². The third-order valence-corrected chi connectivity index (χ3v) is 3.89. The van der Waals surface area contributed by atoms with Crippen LogP contribution in [0.3, 0.4) is 0 Å². The molecule has 0 aliphatic carbocycles. The van der Waals surface area contributed by atoms with Crippen LogP contribution < -0.4 is 10.6 Å². The fraction of sp³-hybridized carbons (Fsp3) is 0.812. The molecule has 0 bridgehead atoms. The van der Waals surface area contributed by atoms with Crippen LogP contribution in [-0.2, 0) is 22.6 Å². The van der Waals surface area contributed by atoms with Crippen LogP contribution in [0.1, 0.15) is 32.5 Å². The van der Waals surface area contributed by atoms with Crippen molar-refractivity contribution in [3.63, 3.8) is 0 Å². The summed E-state index contributed by atoms with van der Waals surface area (Å²) < 4.78 is 13.0. The van der Waals surface area contributed by atoms with Gasteiger partial charge >= 0.3 is 0 Å². The first-order valence-corrected chi connectivity index (χ1v) is 8.87. The highest BCUT2D eigenvalue weighted by Crippen LogP contribution is 2.12. The molecule has 1 aromatic heterocycles. The van der Waals surface area contributed by atoms with Crippen molar-refractivity contribution in [1.82, 2.24) is 25.4 Å². The van der Waals surface area contributed by atoms with Gasteiger partial charge in [-0.2, -0.15) is 0 Å². The van der Waals surface area contributed by atoms with Crippen LogP contribution in [0, 0.1) is 5.92 Å². The summed E-state index contributed by atoms with van der Waals surface area (Å²) in [7, 11) is 0. The Morgan fingerprint density at radius 1 is 1.44 bits per heavy atom. The molecule has 144 valence electrons. The van der Waals surface area contributed by atoms with Crippen molar-refractivity contribution in [2.45, 2.75) is 39.8 Å². The molecular formula is C16H31IN6O2. The third-order valence-electron chi connectivity index (χ3n) is 3.89. The number of aliphatic imine (C=N–C) groups is 1. The minimum Gasteiger partial charge on any atom is -0.381 e. The average molecular weight is 466 g/mol. The molecule has 2 rings (SSSR count). The summed E-state index contributed by atoms with van der Waals surface area (Å²) in [6, 6.07) is 0. The zero-order valence-corrected chi connectivity index (χ0v) is 17.6. The molecular weight excluding hydrogens is 435 g/mol. The van der Waals surface area contributed by atoms with E-state index < -0.39 is 0 Å². The fourth-order valence-electron chi connectivity index (χ4n) is 2.50. The quantitative estimate of drug-likeness (QED) is 0.235. The number of aromatic nitrogens is 3. The number of hydrogen-bond acceptors (Lipinski definition) is 5. The number of rotatable bonds is 10. The fourth-order valence-corrected chi connectivity index (χ4v) is 2.50. The predicted octanol–water partition coefficient (Wildman–Crippen LogP) is 1.41. The second-order valence-corrected chi connectivity index (χ2v) is 5.81. The van der Waals surface area contributed by atoms with E-state index in [9.17, 15) is 0 Å². The molecule has 0 radical (unpaired) electrons. The maximum Gasteiger partial charge on any atom is 0.191 e. The van der Waals surface area contributed by atoms with E-state index >= 15 is 0 Å². The lowest BCUT2D eigenvalue weighted by Gasteiger charge is -2.12. The zero-order chi connectivity index (χ0) is 17.0. The van der Waals surface area contributed by atoms with E-state index in [2.05, 4.69) is 39.7 Å². The summed E-state index contributed by atoms with van der Waals surface area (Å²) >= 11 is 0. The van der Waals surface area contributed by atoms with Gasteiger partial charge in [0.25, 0.3) is 0 Å². The summed E-state index contributed by atoms with van der Waals surface area (Å²) in [6.07, 6.45) is 3.80. The summed E-state index contributed by atoms with van der Waals surface area (Å²) in [6.45, 7) is 10.4. The molecule has 1 unspecified atom stereocenters. The molecule has 1 aliphatic rings. The molecule has 1 saturated heterocycles. The van der Waals surface area contributed by atoms with Gasteiger partial charge in [0, 0.05) is 38.8 Å². The first-order valence-electron chi connectivity index (χ1n) is 8.87. The second kappa shape index (κ2) is 13.3. The second-order valence-electron chi connectivity index (χ2n) is 5.81. The van der Waals surface area contributed by atoms with Crippen LogP contribution >= 0.6 is 24.0 Å². The van der Waals surface area contributed by atoms with E-state index in [0.717, 1.165) is 70.7 Å². The standard InChI is InChI=1S/C16H30N6O2.HI/c1-3-17-16(19-10-15-21-20-13-22(15)4-2)18-7-5-8-23-11-14-6-9-24-12-14;/h13-14H,3-12H2,1-2H3,(H2,17,18,19);1H. The highest BCUT2D eigenvalue weighted by atomic mass is 127. The normalized spacial score (nSPS) is 17.4. The Labute approximate surface area is 167 Å². The molecule has 0 amide bonds. The molecule has 1 aromatic rings. The van der Waals surface area contributed by atoms with Crippen molar-refractivity contribution in [1.29, 1.82) is 0 Å². The average Bonchev–Trinajstić information content (AvgIpc) is 3.26. The Morgan fingerprint density at radius 2 is 2.32 bits per heavy atom. The van der Waals surface area contributed by atoms with Gasteiger partial charge in [-0.25, -0.2) is 4.99 Å². The van der Waals surface area contributed by atoms with Gasteiger partial charge < -0.3 is 24.7 Å². The van der Waals surface area contributed by atoms with Crippen molar-refractivity contribution in [3.05, 3.63) is 12.2 Å². The largest absolute Gasteiger partial charge is 0.381 e. The molecule has 0 aromatic carbocycles. The zero-order valence-electron chi connectivity index (χ0n) is 15.2. The molecule has 8 nitrogen and oxygen atoms in total. The summed E-state index contributed by atoms with van der Waals surface area (Å²) in [4.78, 5) is 4.56. The summed E-state index contributed by atoms with van der Waals surface area (Å²) in [5.74, 6) is 2.25.